The van der Waals surface area contributed by atoms with Crippen molar-refractivity contribution < 1.29 is 14.4 Å². The van der Waals surface area contributed by atoms with Gasteiger partial charge in [-0.3, -0.25) is 9.78 Å². The number of hydrogen-bond donors (Lipinski definition) is 1. The molecule has 10 nitrogen and oxygen atoms in total. The number of pyridine rings is 1. The summed E-state index contributed by atoms with van der Waals surface area (Å²) in [5.41, 5.74) is 2.19. The molecular formula is C25H17N7O3. The van der Waals surface area contributed by atoms with E-state index in [0.717, 1.165) is 4.90 Å². The predicted octanol–water partition coefficient (Wildman–Crippen LogP) is 3.48. The van der Waals surface area contributed by atoms with E-state index in [-0.39, 0.29) is 12.1 Å². The average molecular weight is 463 g/mol. The molecule has 1 N–H and O–H groups in total. The number of carbonyl (C=O) groups excluding carboxylic acids is 3. The molecule has 3 fully saturated rings. The van der Waals surface area contributed by atoms with Crippen molar-refractivity contribution in [3.63, 3.8) is 0 Å². The number of benzene rings is 2. The van der Waals surface area contributed by atoms with E-state index in [4.69, 9.17) is 6.57 Å². The number of likely N-dealkylation sites (tertiary alicyclic amines) is 1. The molecule has 35 heavy (non-hydrogen) atoms. The fourth-order valence-corrected chi connectivity index (χ4v) is 5.37. The van der Waals surface area contributed by atoms with E-state index >= 15 is 0 Å². The van der Waals surface area contributed by atoms with Crippen molar-refractivity contribution in [1.82, 2.24) is 14.8 Å². The van der Waals surface area contributed by atoms with Crippen molar-refractivity contribution in [2.75, 3.05) is 16.8 Å². The van der Waals surface area contributed by atoms with Crippen LogP contribution in [-0.4, -0.2) is 57.4 Å². The SMILES string of the molecule is [C-]#[N+]c1ccc(NC(=O)N2C[C@H]3CC2[C@@H]2C(=O)N(c4ccc(C#N)c5ncccc45)C(=O)N32)cc1. The van der Waals surface area contributed by atoms with Gasteiger partial charge in [-0.15, -0.1) is 0 Å². The van der Waals surface area contributed by atoms with Gasteiger partial charge in [-0.25, -0.2) is 19.3 Å². The summed E-state index contributed by atoms with van der Waals surface area (Å²) in [6.07, 6.45) is 2.10. The Bertz CT molecular complexity index is 1500. The monoisotopic (exact) mass is 463 g/mol. The molecule has 0 radical (unpaired) electrons. The number of anilines is 2. The summed E-state index contributed by atoms with van der Waals surface area (Å²) in [6.45, 7) is 7.37. The zero-order valence-corrected chi connectivity index (χ0v) is 18.3. The maximum Gasteiger partial charge on any atom is 0.332 e. The molecule has 0 spiro atoms. The van der Waals surface area contributed by atoms with E-state index in [1.54, 1.807) is 64.5 Å². The molecule has 170 valence electrons. The number of nitrogens with one attached hydrogen (secondary N) is 1. The van der Waals surface area contributed by atoms with Crippen molar-refractivity contribution in [2.45, 2.75) is 24.5 Å². The Morgan fingerprint density at radius 2 is 1.97 bits per heavy atom. The topological polar surface area (TPSA) is 114 Å². The maximum atomic E-state index is 13.6. The van der Waals surface area contributed by atoms with E-state index in [9.17, 15) is 19.6 Å². The summed E-state index contributed by atoms with van der Waals surface area (Å²) in [4.78, 5) is 52.0. The molecule has 3 atom stereocenters. The van der Waals surface area contributed by atoms with Gasteiger partial charge in [0.15, 0.2) is 5.69 Å². The minimum Gasteiger partial charge on any atom is -0.317 e. The van der Waals surface area contributed by atoms with E-state index < -0.39 is 24.0 Å². The van der Waals surface area contributed by atoms with Gasteiger partial charge in [-0.1, -0.05) is 12.1 Å². The number of hydrogen-bond acceptors (Lipinski definition) is 5. The fourth-order valence-electron chi connectivity index (χ4n) is 5.37. The van der Waals surface area contributed by atoms with E-state index in [1.807, 2.05) is 0 Å². The van der Waals surface area contributed by atoms with Crippen molar-refractivity contribution in [3.8, 4) is 6.07 Å². The number of fused-ring (bicyclic) bond motifs is 6. The second-order valence-corrected chi connectivity index (χ2v) is 8.65. The summed E-state index contributed by atoms with van der Waals surface area (Å²) >= 11 is 0. The van der Waals surface area contributed by atoms with E-state index in [2.05, 4.69) is 21.2 Å². The number of amides is 5. The first-order valence-corrected chi connectivity index (χ1v) is 11.0. The average Bonchev–Trinajstić information content (AvgIpc) is 3.55. The number of rotatable bonds is 2. The highest BCUT2D eigenvalue weighted by molar-refractivity contribution is 6.25. The van der Waals surface area contributed by atoms with Crippen LogP contribution >= 0.6 is 0 Å². The largest absolute Gasteiger partial charge is 0.332 e. The van der Waals surface area contributed by atoms with Gasteiger partial charge in [0.1, 0.15) is 12.1 Å². The van der Waals surface area contributed by atoms with Crippen LogP contribution in [0.5, 0.6) is 0 Å². The highest BCUT2D eigenvalue weighted by atomic mass is 16.2. The molecule has 0 saturated carbocycles. The summed E-state index contributed by atoms with van der Waals surface area (Å²) in [7, 11) is 0. The van der Waals surface area contributed by atoms with Gasteiger partial charge >= 0.3 is 12.1 Å². The lowest BCUT2D eigenvalue weighted by atomic mass is 10.1. The third-order valence-electron chi connectivity index (χ3n) is 6.88. The van der Waals surface area contributed by atoms with Crippen LogP contribution in [0.25, 0.3) is 15.7 Å². The molecule has 6 rings (SSSR count). The number of nitriles is 1. The summed E-state index contributed by atoms with van der Waals surface area (Å²) in [5.74, 6) is -0.392. The second kappa shape index (κ2) is 7.54. The van der Waals surface area contributed by atoms with Crippen molar-refractivity contribution in [2.24, 2.45) is 0 Å². The standard InChI is InChI=1S/C25H17N7O3/c1-27-15-5-7-16(8-6-15)29-24(34)30-13-17-11-20(30)22-23(33)32(25(35)31(17)22)19-9-4-14(12-26)21-18(19)3-2-10-28-21/h2-10,17,20,22H,11,13H2,(H,29,34)/t17-,20?,22-/m1/s1. The molecule has 3 aliphatic rings. The van der Waals surface area contributed by atoms with Crippen LogP contribution in [0.4, 0.5) is 26.7 Å². The fraction of sp³-hybridized carbons (Fsp3) is 0.200. The van der Waals surface area contributed by atoms with Crippen LogP contribution in [0.2, 0.25) is 0 Å². The van der Waals surface area contributed by atoms with Crippen molar-refractivity contribution in [3.05, 3.63) is 71.7 Å². The number of aromatic nitrogens is 1. The van der Waals surface area contributed by atoms with Crippen LogP contribution in [0.1, 0.15) is 12.0 Å². The molecule has 0 aliphatic carbocycles. The number of piperazine rings is 1. The summed E-state index contributed by atoms with van der Waals surface area (Å²) in [6, 6.07) is 13.0. The van der Waals surface area contributed by atoms with Gasteiger partial charge in [-0.05, 0) is 42.8 Å². The van der Waals surface area contributed by atoms with Crippen LogP contribution in [0.3, 0.4) is 0 Å². The molecule has 10 heteroatoms. The van der Waals surface area contributed by atoms with Gasteiger partial charge in [0.2, 0.25) is 0 Å². The van der Waals surface area contributed by atoms with Gasteiger partial charge < -0.3 is 15.1 Å². The van der Waals surface area contributed by atoms with Gasteiger partial charge in [-0.2, -0.15) is 5.26 Å². The van der Waals surface area contributed by atoms with E-state index in [0.29, 0.717) is 46.5 Å². The van der Waals surface area contributed by atoms with Gasteiger partial charge in [0.05, 0.1) is 35.4 Å². The lowest BCUT2D eigenvalue weighted by molar-refractivity contribution is -0.120. The first kappa shape index (κ1) is 20.6. The zero-order valence-electron chi connectivity index (χ0n) is 18.3. The van der Waals surface area contributed by atoms with Crippen LogP contribution < -0.4 is 10.2 Å². The van der Waals surface area contributed by atoms with Crippen LogP contribution in [0, 0.1) is 17.9 Å². The summed E-state index contributed by atoms with van der Waals surface area (Å²) in [5, 5.41) is 12.8. The molecule has 3 saturated heterocycles. The molecular weight excluding hydrogens is 446 g/mol. The Balaban J connectivity index is 1.29. The van der Waals surface area contributed by atoms with Crippen molar-refractivity contribution >= 4 is 45.9 Å². The van der Waals surface area contributed by atoms with Crippen LogP contribution in [-0.2, 0) is 4.79 Å². The quantitative estimate of drug-likeness (QED) is 0.462. The molecule has 1 unspecified atom stereocenters. The highest BCUT2D eigenvalue weighted by Gasteiger charge is 2.63. The van der Waals surface area contributed by atoms with Gasteiger partial charge in [0.25, 0.3) is 5.91 Å². The summed E-state index contributed by atoms with van der Waals surface area (Å²) < 4.78 is 0. The molecule has 2 aromatic carbocycles. The minimum absolute atomic E-state index is 0.260. The molecule has 2 bridgehead atoms. The Labute approximate surface area is 199 Å². The molecule has 1 aromatic heterocycles. The highest BCUT2D eigenvalue weighted by Crippen LogP contribution is 2.43. The predicted molar refractivity (Wildman–Crippen MR) is 126 cm³/mol. The first-order valence-electron chi connectivity index (χ1n) is 11.0. The zero-order chi connectivity index (χ0) is 24.3. The van der Waals surface area contributed by atoms with Crippen LogP contribution in [0.15, 0.2) is 54.7 Å². The maximum absolute atomic E-state index is 13.6. The van der Waals surface area contributed by atoms with E-state index in [1.165, 1.54) is 0 Å². The minimum atomic E-state index is -0.765. The molecule has 4 heterocycles. The number of urea groups is 2. The third kappa shape index (κ3) is 2.94. The molecule has 5 amide bonds. The number of carbonyl (C=O) groups is 3. The number of imide groups is 1. The number of nitrogens with zero attached hydrogens (tertiary/aromatic N) is 6. The Morgan fingerprint density at radius 1 is 1.17 bits per heavy atom. The second-order valence-electron chi connectivity index (χ2n) is 8.65. The third-order valence-corrected chi connectivity index (χ3v) is 6.88. The Kier molecular flexibility index (Phi) is 4.44. The lowest BCUT2D eigenvalue weighted by Gasteiger charge is -2.34. The lowest BCUT2D eigenvalue weighted by Crippen LogP contribution is -2.55. The van der Waals surface area contributed by atoms with Crippen molar-refractivity contribution in [1.29, 1.82) is 5.26 Å². The first-order chi connectivity index (χ1) is 17.0. The Hall–Kier alpha value is -4.96. The smallest absolute Gasteiger partial charge is 0.317 e. The molecule has 3 aliphatic heterocycles. The Morgan fingerprint density at radius 3 is 2.71 bits per heavy atom. The van der Waals surface area contributed by atoms with Gasteiger partial charge in [0, 0.05) is 23.8 Å². The molecule has 3 aromatic rings. The normalized spacial score (nSPS) is 22.3.